The fourth-order valence-corrected chi connectivity index (χ4v) is 2.74. The molecule has 3 rings (SSSR count). The van der Waals surface area contributed by atoms with Crippen molar-refractivity contribution in [2.45, 2.75) is 19.9 Å². The Kier molecular flexibility index (Phi) is 4.47. The summed E-state index contributed by atoms with van der Waals surface area (Å²) in [5.41, 5.74) is 2.41. The van der Waals surface area contributed by atoms with Gasteiger partial charge in [0.15, 0.2) is 0 Å². The van der Waals surface area contributed by atoms with Crippen molar-refractivity contribution >= 4 is 17.5 Å². The molecule has 2 heterocycles. The van der Waals surface area contributed by atoms with Gasteiger partial charge in [0.2, 0.25) is 5.91 Å². The summed E-state index contributed by atoms with van der Waals surface area (Å²) in [5, 5.41) is 12.6. The lowest BCUT2D eigenvalue weighted by atomic mass is 10.1. The number of benzene rings is 1. The molecule has 0 atom stereocenters. The molecule has 7 nitrogen and oxygen atoms in total. The van der Waals surface area contributed by atoms with Crippen molar-refractivity contribution < 1.29 is 14.7 Å². The van der Waals surface area contributed by atoms with Crippen LogP contribution in [0.3, 0.4) is 0 Å². The van der Waals surface area contributed by atoms with Crippen LogP contribution in [-0.2, 0) is 17.8 Å². The molecular formula is C18H18N4O3. The van der Waals surface area contributed by atoms with Gasteiger partial charge in [-0.2, -0.15) is 0 Å². The zero-order valence-corrected chi connectivity index (χ0v) is 13.8. The van der Waals surface area contributed by atoms with Gasteiger partial charge in [-0.05, 0) is 31.2 Å². The standard InChI is InChI=1S/C18H18N4O3/c1-3-17(24)21-13-4-5-16(23)14(8-13)18(25)22-7-6-15-12(10-22)9-19-11(2)20-15/h3-5,8-9,23H,1,6-7,10H2,2H3,(H,21,24). The lowest BCUT2D eigenvalue weighted by Crippen LogP contribution is -2.36. The van der Waals surface area contributed by atoms with Gasteiger partial charge in [-0.25, -0.2) is 9.97 Å². The largest absolute Gasteiger partial charge is 0.507 e. The number of hydrogen-bond donors (Lipinski definition) is 2. The van der Waals surface area contributed by atoms with Crippen LogP contribution in [-0.4, -0.2) is 38.3 Å². The van der Waals surface area contributed by atoms with Gasteiger partial charge in [-0.1, -0.05) is 6.58 Å². The number of aromatic hydroxyl groups is 1. The number of phenols is 1. The minimum Gasteiger partial charge on any atom is -0.507 e. The molecule has 1 aromatic heterocycles. The third kappa shape index (κ3) is 3.50. The van der Waals surface area contributed by atoms with E-state index in [2.05, 4.69) is 21.9 Å². The molecule has 0 fully saturated rings. The maximum atomic E-state index is 12.8. The lowest BCUT2D eigenvalue weighted by molar-refractivity contribution is -0.111. The average molecular weight is 338 g/mol. The van der Waals surface area contributed by atoms with Gasteiger partial charge in [0.05, 0.1) is 11.3 Å². The fraction of sp³-hybridized carbons (Fsp3) is 0.222. The zero-order chi connectivity index (χ0) is 18.0. The van der Waals surface area contributed by atoms with Crippen LogP contribution in [0.4, 0.5) is 5.69 Å². The van der Waals surface area contributed by atoms with Gasteiger partial charge >= 0.3 is 0 Å². The van der Waals surface area contributed by atoms with Crippen LogP contribution in [0.25, 0.3) is 0 Å². The molecule has 1 aliphatic rings. The highest BCUT2D eigenvalue weighted by atomic mass is 16.3. The third-order valence-corrected chi connectivity index (χ3v) is 4.02. The van der Waals surface area contributed by atoms with Crippen molar-refractivity contribution in [1.82, 2.24) is 14.9 Å². The number of hydrogen-bond acceptors (Lipinski definition) is 5. The van der Waals surface area contributed by atoms with Crippen LogP contribution < -0.4 is 5.32 Å². The number of rotatable bonds is 3. The number of aryl methyl sites for hydroxylation is 1. The van der Waals surface area contributed by atoms with E-state index in [1.54, 1.807) is 11.1 Å². The van der Waals surface area contributed by atoms with Crippen molar-refractivity contribution in [1.29, 1.82) is 0 Å². The first-order chi connectivity index (χ1) is 12.0. The molecule has 0 radical (unpaired) electrons. The molecule has 25 heavy (non-hydrogen) atoms. The van der Waals surface area contributed by atoms with E-state index in [0.717, 1.165) is 17.3 Å². The van der Waals surface area contributed by atoms with Crippen LogP contribution in [0.5, 0.6) is 5.75 Å². The summed E-state index contributed by atoms with van der Waals surface area (Å²) < 4.78 is 0. The number of carbonyl (C=O) groups excluding carboxylic acids is 2. The van der Waals surface area contributed by atoms with Crippen molar-refractivity contribution in [3.8, 4) is 5.75 Å². The van der Waals surface area contributed by atoms with Gasteiger partial charge in [0.25, 0.3) is 5.91 Å². The number of phenolic OH excluding ortho intramolecular Hbond substituents is 1. The van der Waals surface area contributed by atoms with Crippen molar-refractivity contribution in [2.75, 3.05) is 11.9 Å². The Morgan fingerprint density at radius 2 is 2.20 bits per heavy atom. The highest BCUT2D eigenvalue weighted by Gasteiger charge is 2.25. The highest BCUT2D eigenvalue weighted by molar-refractivity contribution is 6.02. The van der Waals surface area contributed by atoms with E-state index in [0.29, 0.717) is 31.0 Å². The van der Waals surface area contributed by atoms with Gasteiger partial charge in [0, 0.05) is 37.0 Å². The lowest BCUT2D eigenvalue weighted by Gasteiger charge is -2.28. The van der Waals surface area contributed by atoms with E-state index < -0.39 is 0 Å². The summed E-state index contributed by atoms with van der Waals surface area (Å²) in [6.07, 6.45) is 3.51. The first-order valence-corrected chi connectivity index (χ1v) is 7.85. The second kappa shape index (κ2) is 6.72. The normalized spacial score (nSPS) is 13.1. The summed E-state index contributed by atoms with van der Waals surface area (Å²) in [4.78, 5) is 34.4. The average Bonchev–Trinajstić information content (AvgIpc) is 2.62. The number of amides is 2. The second-order valence-corrected chi connectivity index (χ2v) is 5.79. The van der Waals surface area contributed by atoms with E-state index in [4.69, 9.17) is 0 Å². The number of carbonyl (C=O) groups is 2. The van der Waals surface area contributed by atoms with E-state index in [1.165, 1.54) is 18.2 Å². The van der Waals surface area contributed by atoms with Crippen LogP contribution in [0.1, 0.15) is 27.4 Å². The minimum atomic E-state index is -0.386. The van der Waals surface area contributed by atoms with E-state index in [9.17, 15) is 14.7 Å². The Labute approximate surface area is 145 Å². The monoisotopic (exact) mass is 338 g/mol. The smallest absolute Gasteiger partial charge is 0.258 e. The predicted molar refractivity (Wildman–Crippen MR) is 92.1 cm³/mol. The number of aromatic nitrogens is 2. The Morgan fingerprint density at radius 1 is 1.40 bits per heavy atom. The van der Waals surface area contributed by atoms with Crippen LogP contribution >= 0.6 is 0 Å². The van der Waals surface area contributed by atoms with Crippen molar-refractivity contribution in [2.24, 2.45) is 0 Å². The summed E-state index contributed by atoms with van der Waals surface area (Å²) in [7, 11) is 0. The third-order valence-electron chi connectivity index (χ3n) is 4.02. The Bertz CT molecular complexity index is 863. The highest BCUT2D eigenvalue weighted by Crippen LogP contribution is 2.25. The number of nitrogens with one attached hydrogen (secondary N) is 1. The predicted octanol–water partition coefficient (Wildman–Crippen LogP) is 1.81. The summed E-state index contributed by atoms with van der Waals surface area (Å²) >= 11 is 0. The van der Waals surface area contributed by atoms with Gasteiger partial charge in [-0.15, -0.1) is 0 Å². The molecule has 128 valence electrons. The summed E-state index contributed by atoms with van der Waals surface area (Å²) in [6, 6.07) is 4.37. The Morgan fingerprint density at radius 3 is 2.96 bits per heavy atom. The molecule has 0 saturated heterocycles. The van der Waals surface area contributed by atoms with Gasteiger partial charge in [0.1, 0.15) is 11.6 Å². The molecule has 0 spiro atoms. The van der Waals surface area contributed by atoms with E-state index in [-0.39, 0.29) is 23.1 Å². The van der Waals surface area contributed by atoms with Crippen molar-refractivity contribution in [3.05, 3.63) is 59.7 Å². The van der Waals surface area contributed by atoms with Crippen LogP contribution in [0.2, 0.25) is 0 Å². The summed E-state index contributed by atoms with van der Waals surface area (Å²) in [5.74, 6) is -0.115. The van der Waals surface area contributed by atoms with Crippen molar-refractivity contribution in [3.63, 3.8) is 0 Å². The van der Waals surface area contributed by atoms with Crippen LogP contribution in [0.15, 0.2) is 37.1 Å². The second-order valence-electron chi connectivity index (χ2n) is 5.79. The maximum Gasteiger partial charge on any atom is 0.258 e. The van der Waals surface area contributed by atoms with Crippen LogP contribution in [0, 0.1) is 6.92 Å². The molecule has 1 aliphatic heterocycles. The fourth-order valence-electron chi connectivity index (χ4n) is 2.74. The topological polar surface area (TPSA) is 95.4 Å². The molecule has 0 saturated carbocycles. The van der Waals surface area contributed by atoms with E-state index >= 15 is 0 Å². The maximum absolute atomic E-state index is 12.8. The zero-order valence-electron chi connectivity index (χ0n) is 13.8. The summed E-state index contributed by atoms with van der Waals surface area (Å²) in [6.45, 7) is 6.11. The number of fused-ring (bicyclic) bond motifs is 1. The first kappa shape index (κ1) is 16.6. The quantitative estimate of drug-likeness (QED) is 0.657. The molecule has 0 bridgehead atoms. The molecule has 2 amide bonds. The van der Waals surface area contributed by atoms with E-state index in [1.807, 2.05) is 6.92 Å². The molecular weight excluding hydrogens is 320 g/mol. The number of anilines is 1. The minimum absolute atomic E-state index is 0.132. The van der Waals surface area contributed by atoms with Gasteiger partial charge < -0.3 is 15.3 Å². The first-order valence-electron chi connectivity index (χ1n) is 7.85. The Balaban J connectivity index is 1.83. The van der Waals surface area contributed by atoms with Gasteiger partial charge in [-0.3, -0.25) is 9.59 Å². The molecule has 1 aromatic carbocycles. The molecule has 2 N–H and O–H groups in total. The molecule has 7 heteroatoms. The molecule has 2 aromatic rings. The SMILES string of the molecule is C=CC(=O)Nc1ccc(O)c(C(=O)N2CCc3nc(C)ncc3C2)c1. The Hall–Kier alpha value is -3.22. The molecule has 0 unspecified atom stereocenters. The molecule has 0 aliphatic carbocycles. The number of nitrogens with zero attached hydrogens (tertiary/aromatic N) is 3.